The summed E-state index contributed by atoms with van der Waals surface area (Å²) in [7, 11) is 0. The van der Waals surface area contributed by atoms with Crippen LogP contribution in [0.3, 0.4) is 0 Å². The molecule has 3 saturated heterocycles. The summed E-state index contributed by atoms with van der Waals surface area (Å²) in [6.07, 6.45) is -14.9. The zero-order valence-electron chi connectivity index (χ0n) is 27.1. The molecule has 1 unspecified atom stereocenters. The van der Waals surface area contributed by atoms with E-state index in [1.165, 1.54) is 0 Å². The molecule has 0 aliphatic carbocycles. The Morgan fingerprint density at radius 1 is 0.604 bits per heavy atom. The molecule has 0 aromatic heterocycles. The smallest absolute Gasteiger partial charge is 0.303 e. The van der Waals surface area contributed by atoms with Gasteiger partial charge in [0.05, 0.1) is 6.61 Å². The Morgan fingerprint density at radius 3 is 1.67 bits per heavy atom. The van der Waals surface area contributed by atoms with Gasteiger partial charge in [-0.2, -0.15) is 0 Å². The highest BCUT2D eigenvalue weighted by Gasteiger charge is 2.58. The van der Waals surface area contributed by atoms with Gasteiger partial charge in [0.25, 0.3) is 0 Å². The number of benzene rings is 1. The van der Waals surface area contributed by atoms with Gasteiger partial charge in [0.2, 0.25) is 12.6 Å². The Morgan fingerprint density at radius 2 is 1.10 bits per heavy atom. The molecule has 0 saturated carbocycles. The van der Waals surface area contributed by atoms with Crippen molar-refractivity contribution in [2.45, 2.75) is 109 Å². The molecule has 17 heteroatoms. The number of ether oxygens (including phenoxy) is 11. The topological polar surface area (TPSA) is 204 Å². The van der Waals surface area contributed by atoms with E-state index in [0.29, 0.717) is 5.56 Å². The van der Waals surface area contributed by atoms with Gasteiger partial charge >= 0.3 is 35.8 Å². The van der Waals surface area contributed by atoms with Crippen LogP contribution in [0, 0.1) is 0 Å². The maximum Gasteiger partial charge on any atom is 0.303 e. The Balaban J connectivity index is 1.71. The van der Waals surface area contributed by atoms with Crippen LogP contribution in [0.15, 0.2) is 30.3 Å². The van der Waals surface area contributed by atoms with Gasteiger partial charge in [-0.15, -0.1) is 0 Å². The number of esters is 6. The number of fused-ring (bicyclic) bond motifs is 1. The minimum atomic E-state index is -1.70. The Bertz CT molecular complexity index is 1330. The number of rotatable bonds is 10. The van der Waals surface area contributed by atoms with Crippen molar-refractivity contribution in [2.75, 3.05) is 13.2 Å². The highest BCUT2D eigenvalue weighted by atomic mass is 16.8. The van der Waals surface area contributed by atoms with E-state index in [-0.39, 0.29) is 6.61 Å². The molecule has 0 spiro atoms. The van der Waals surface area contributed by atoms with Gasteiger partial charge in [-0.25, -0.2) is 0 Å². The molecule has 1 aromatic carbocycles. The van der Waals surface area contributed by atoms with Crippen LogP contribution in [0.25, 0.3) is 0 Å². The van der Waals surface area contributed by atoms with Gasteiger partial charge in [-0.05, 0) is 0 Å². The van der Waals surface area contributed by atoms with Crippen LogP contribution in [0.4, 0.5) is 0 Å². The fraction of sp³-hybridized carbons (Fsp3) is 0.613. The molecule has 0 amide bonds. The van der Waals surface area contributed by atoms with Crippen LogP contribution in [-0.4, -0.2) is 110 Å². The first kappa shape index (κ1) is 36.7. The van der Waals surface area contributed by atoms with Crippen molar-refractivity contribution in [3.05, 3.63) is 35.9 Å². The summed E-state index contributed by atoms with van der Waals surface area (Å²) in [6, 6.07) is 8.93. The lowest BCUT2D eigenvalue weighted by molar-refractivity contribution is -0.399. The number of carbonyl (C=O) groups is 6. The van der Waals surface area contributed by atoms with Crippen LogP contribution >= 0.6 is 0 Å². The lowest BCUT2D eigenvalue weighted by atomic mass is 9.96. The lowest BCUT2D eigenvalue weighted by Crippen LogP contribution is -2.67. The molecule has 11 atom stereocenters. The normalized spacial score (nSPS) is 32.8. The first-order valence-corrected chi connectivity index (χ1v) is 15.0. The second-order valence-electron chi connectivity index (χ2n) is 11.1. The molecule has 0 N–H and O–H groups in total. The predicted octanol–water partition coefficient (Wildman–Crippen LogP) is 0.789. The first-order chi connectivity index (χ1) is 22.7. The quantitative estimate of drug-likeness (QED) is 0.247. The predicted molar refractivity (Wildman–Crippen MR) is 153 cm³/mol. The third-order valence-electron chi connectivity index (χ3n) is 7.18. The average Bonchev–Trinajstić information content (AvgIpc) is 3.00. The van der Waals surface area contributed by atoms with E-state index in [9.17, 15) is 28.8 Å². The molecule has 48 heavy (non-hydrogen) atoms. The van der Waals surface area contributed by atoms with Gasteiger partial charge in [0, 0.05) is 47.1 Å². The molecule has 0 radical (unpaired) electrons. The van der Waals surface area contributed by atoms with Crippen molar-refractivity contribution in [3.63, 3.8) is 0 Å². The van der Waals surface area contributed by atoms with Crippen LogP contribution in [0.2, 0.25) is 0 Å². The number of hydrogen-bond acceptors (Lipinski definition) is 17. The van der Waals surface area contributed by atoms with Crippen molar-refractivity contribution in [3.8, 4) is 0 Å². The van der Waals surface area contributed by atoms with Crippen molar-refractivity contribution in [1.82, 2.24) is 0 Å². The SMILES string of the molecule is CC(=O)OC[C@H]1O[C@H](O[C@H]2O[C@@H]3COC(c4ccccc4)O[C@H]3[C@H](OC(C)=O)[C@H]2OC(C)=O)[C@H](OC(C)=O)[C@@H](OC(C)=O)[C@@H]1OC(C)=O. The highest BCUT2D eigenvalue weighted by Crippen LogP contribution is 2.39. The monoisotopic (exact) mass is 682 g/mol. The summed E-state index contributed by atoms with van der Waals surface area (Å²) in [5.74, 6) is -4.79. The molecule has 0 bridgehead atoms. The van der Waals surface area contributed by atoms with Gasteiger partial charge in [-0.1, -0.05) is 30.3 Å². The minimum Gasteiger partial charge on any atom is -0.463 e. The zero-order chi connectivity index (χ0) is 35.1. The summed E-state index contributed by atoms with van der Waals surface area (Å²) in [5, 5.41) is 0. The number of hydrogen-bond donors (Lipinski definition) is 0. The highest BCUT2D eigenvalue weighted by molar-refractivity contribution is 5.69. The van der Waals surface area contributed by atoms with Crippen LogP contribution in [0.1, 0.15) is 53.4 Å². The molecule has 4 rings (SSSR count). The average molecular weight is 683 g/mol. The van der Waals surface area contributed by atoms with Crippen molar-refractivity contribution in [2.24, 2.45) is 0 Å². The summed E-state index contributed by atoms with van der Waals surface area (Å²) in [4.78, 5) is 73.0. The molecular weight excluding hydrogens is 644 g/mol. The van der Waals surface area contributed by atoms with E-state index in [4.69, 9.17) is 52.1 Å². The molecule has 3 aliphatic heterocycles. The standard InChI is InChI=1S/C31H38O17/c1-14(32)38-12-21-23(40-15(2)33)25(41-16(3)34)27(43-18(5)36)30(45-21)48-31-28(44-19(6)37)26(42-17(4)35)24-22(46-31)13-39-29(47-24)20-10-8-7-9-11-20/h7-11,21-31H,12-13H2,1-6H3/t21-,22-,23-,24-,25+,26+,27-,28-,29?,30-,31-/m1/s1. The Kier molecular flexibility index (Phi) is 12.4. The molecule has 3 fully saturated rings. The van der Waals surface area contributed by atoms with Gasteiger partial charge in [0.1, 0.15) is 24.9 Å². The summed E-state index contributed by atoms with van der Waals surface area (Å²) in [6.45, 7) is 6.00. The summed E-state index contributed by atoms with van der Waals surface area (Å²) in [5.41, 5.74) is 0.664. The Hall–Kier alpha value is -4.16. The van der Waals surface area contributed by atoms with Crippen molar-refractivity contribution < 1.29 is 80.9 Å². The van der Waals surface area contributed by atoms with Crippen LogP contribution in [0.5, 0.6) is 0 Å². The fourth-order valence-corrected chi connectivity index (χ4v) is 5.51. The second kappa shape index (κ2) is 16.3. The third-order valence-corrected chi connectivity index (χ3v) is 7.18. The fourth-order valence-electron chi connectivity index (χ4n) is 5.51. The molecular formula is C31H38O17. The van der Waals surface area contributed by atoms with E-state index < -0.39 is 110 Å². The van der Waals surface area contributed by atoms with Gasteiger partial charge in [0.15, 0.2) is 36.8 Å². The van der Waals surface area contributed by atoms with Crippen LogP contribution in [-0.2, 0) is 80.9 Å². The van der Waals surface area contributed by atoms with Crippen LogP contribution < -0.4 is 0 Å². The van der Waals surface area contributed by atoms with E-state index in [1.54, 1.807) is 24.3 Å². The zero-order valence-corrected chi connectivity index (χ0v) is 27.1. The van der Waals surface area contributed by atoms with Gasteiger partial charge < -0.3 is 52.1 Å². The first-order valence-electron chi connectivity index (χ1n) is 15.0. The maximum atomic E-state index is 12.4. The van der Waals surface area contributed by atoms with E-state index >= 15 is 0 Å². The van der Waals surface area contributed by atoms with E-state index in [0.717, 1.165) is 41.5 Å². The molecule has 3 heterocycles. The maximum absolute atomic E-state index is 12.4. The summed E-state index contributed by atoms with van der Waals surface area (Å²) < 4.78 is 63.0. The molecule has 3 aliphatic rings. The van der Waals surface area contributed by atoms with Crippen molar-refractivity contribution in [1.29, 1.82) is 0 Å². The molecule has 1 aromatic rings. The van der Waals surface area contributed by atoms with Crippen molar-refractivity contribution >= 4 is 35.8 Å². The molecule has 264 valence electrons. The minimum absolute atomic E-state index is 0.0901. The van der Waals surface area contributed by atoms with E-state index in [1.807, 2.05) is 6.07 Å². The van der Waals surface area contributed by atoms with E-state index in [2.05, 4.69) is 0 Å². The lowest BCUT2D eigenvalue weighted by Gasteiger charge is -2.50. The second-order valence-corrected chi connectivity index (χ2v) is 11.1. The number of carbonyl (C=O) groups excluding carboxylic acids is 6. The largest absolute Gasteiger partial charge is 0.463 e. The van der Waals surface area contributed by atoms with Gasteiger partial charge in [-0.3, -0.25) is 28.8 Å². The Labute approximate surface area is 275 Å². The molecule has 17 nitrogen and oxygen atoms in total. The summed E-state index contributed by atoms with van der Waals surface area (Å²) >= 11 is 0. The third kappa shape index (κ3) is 9.47.